The van der Waals surface area contributed by atoms with Crippen LogP contribution in [0, 0.1) is 13.8 Å². The van der Waals surface area contributed by atoms with Crippen molar-refractivity contribution in [2.45, 2.75) is 49.8 Å². The highest BCUT2D eigenvalue weighted by molar-refractivity contribution is 7.91. The molecule has 2 amide bonds. The molecule has 2 aromatic heterocycles. The molecule has 1 atom stereocenters. The molecule has 1 aromatic carbocycles. The van der Waals surface area contributed by atoms with Crippen molar-refractivity contribution in [3.8, 4) is 0 Å². The van der Waals surface area contributed by atoms with Crippen LogP contribution in [0.15, 0.2) is 22.4 Å². The normalized spacial score (nSPS) is 17.9. The zero-order valence-corrected chi connectivity index (χ0v) is 23.7. The third kappa shape index (κ3) is 5.60. The van der Waals surface area contributed by atoms with Crippen molar-refractivity contribution in [1.29, 1.82) is 0 Å². The van der Waals surface area contributed by atoms with Gasteiger partial charge >= 0.3 is 6.03 Å². The lowest BCUT2D eigenvalue weighted by atomic mass is 10.1. The van der Waals surface area contributed by atoms with E-state index < -0.39 is 16.1 Å². The molecule has 1 aliphatic carbocycles. The summed E-state index contributed by atoms with van der Waals surface area (Å²) in [6, 6.07) is 5.86. The van der Waals surface area contributed by atoms with E-state index in [0.717, 1.165) is 58.8 Å². The molecular weight excluding hydrogens is 524 g/mol. The average Bonchev–Trinajstić information content (AvgIpc) is 3.67. The number of hydrogen-bond donors (Lipinski definition) is 3. The number of fused-ring (bicyclic) bond motifs is 1. The molecule has 0 unspecified atom stereocenters. The number of piperazine rings is 1. The van der Waals surface area contributed by atoms with Gasteiger partial charge in [0.15, 0.2) is 9.34 Å². The number of urea groups is 1. The molecule has 2 aliphatic rings. The first-order chi connectivity index (χ1) is 18.2. The number of aryl methyl sites for hydroxylation is 2. The molecule has 0 spiro atoms. The molecule has 38 heavy (non-hydrogen) atoms. The van der Waals surface area contributed by atoms with Crippen molar-refractivity contribution in [3.05, 3.63) is 35.3 Å². The van der Waals surface area contributed by atoms with Crippen LogP contribution in [0.2, 0.25) is 0 Å². The smallest absolute Gasteiger partial charge is 0.320 e. The van der Waals surface area contributed by atoms with E-state index in [9.17, 15) is 13.2 Å². The third-order valence-electron chi connectivity index (χ3n) is 6.91. The van der Waals surface area contributed by atoms with Crippen molar-refractivity contribution < 1.29 is 13.2 Å². The van der Waals surface area contributed by atoms with Crippen LogP contribution in [0.4, 0.5) is 15.7 Å². The molecule has 3 N–H and O–H groups in total. The van der Waals surface area contributed by atoms with E-state index in [0.29, 0.717) is 37.8 Å². The minimum atomic E-state index is -3.69. The lowest BCUT2D eigenvalue weighted by molar-refractivity contribution is 0.184. The van der Waals surface area contributed by atoms with Gasteiger partial charge < -0.3 is 10.6 Å². The van der Waals surface area contributed by atoms with Crippen LogP contribution >= 0.6 is 11.3 Å². The van der Waals surface area contributed by atoms with E-state index in [2.05, 4.69) is 51.8 Å². The van der Waals surface area contributed by atoms with Crippen LogP contribution in [0.3, 0.4) is 0 Å². The van der Waals surface area contributed by atoms with E-state index in [1.165, 1.54) is 11.4 Å². The average molecular weight is 559 g/mol. The van der Waals surface area contributed by atoms with E-state index in [4.69, 9.17) is 9.97 Å². The maximum atomic E-state index is 13.3. The maximum Gasteiger partial charge on any atom is 0.320 e. The first kappa shape index (κ1) is 26.7. The number of hydrogen-bond acceptors (Lipinski definition) is 9. The first-order valence-corrected chi connectivity index (χ1v) is 15.1. The van der Waals surface area contributed by atoms with E-state index in [1.54, 1.807) is 6.92 Å². The number of para-hydroxylation sites is 1. The predicted molar refractivity (Wildman–Crippen MR) is 149 cm³/mol. The van der Waals surface area contributed by atoms with Gasteiger partial charge in [0.2, 0.25) is 0 Å². The number of carbonyl (C=O) groups excluding carboxylic acids is 1. The summed E-state index contributed by atoms with van der Waals surface area (Å²) in [5.41, 5.74) is 2.54. The molecule has 5 rings (SSSR count). The molecule has 204 valence electrons. The van der Waals surface area contributed by atoms with Crippen molar-refractivity contribution in [2.75, 3.05) is 50.4 Å². The SMILES string of the molecule is CNC(=O)Nc1nc(C)c(S(=O)(=O)N2CCN(C[C@H](C)Nc3nc(C4CC4)nc4c(C)cccc34)CC2)s1. The fraction of sp³-hybridized carbons (Fsp3) is 0.520. The number of rotatable bonds is 8. The molecule has 3 aromatic rings. The highest BCUT2D eigenvalue weighted by atomic mass is 32.2. The molecule has 3 heterocycles. The Balaban J connectivity index is 1.22. The number of nitrogens with zero attached hydrogens (tertiary/aromatic N) is 5. The second kappa shape index (κ2) is 10.7. The number of carbonyl (C=O) groups is 1. The van der Waals surface area contributed by atoms with Gasteiger partial charge in [0.25, 0.3) is 10.0 Å². The van der Waals surface area contributed by atoms with Crippen LogP contribution in [0.25, 0.3) is 10.9 Å². The van der Waals surface area contributed by atoms with Gasteiger partial charge in [-0.2, -0.15) is 4.31 Å². The van der Waals surface area contributed by atoms with Gasteiger partial charge in [0.1, 0.15) is 11.6 Å². The largest absolute Gasteiger partial charge is 0.366 e. The van der Waals surface area contributed by atoms with Crippen molar-refractivity contribution in [3.63, 3.8) is 0 Å². The van der Waals surface area contributed by atoms with Crippen LogP contribution in [-0.4, -0.2) is 84.4 Å². The minimum Gasteiger partial charge on any atom is -0.366 e. The van der Waals surface area contributed by atoms with E-state index in [1.807, 2.05) is 6.07 Å². The van der Waals surface area contributed by atoms with Gasteiger partial charge in [-0.25, -0.2) is 28.2 Å². The molecule has 0 bridgehead atoms. The quantitative estimate of drug-likeness (QED) is 0.384. The Labute approximate surface area is 227 Å². The van der Waals surface area contributed by atoms with E-state index in [-0.39, 0.29) is 15.4 Å². The van der Waals surface area contributed by atoms with Crippen LogP contribution in [-0.2, 0) is 10.0 Å². The highest BCUT2D eigenvalue weighted by Crippen LogP contribution is 2.39. The maximum absolute atomic E-state index is 13.3. The number of anilines is 2. The van der Waals surface area contributed by atoms with Gasteiger partial charge in [-0.1, -0.05) is 23.5 Å². The zero-order chi connectivity index (χ0) is 27.0. The Morgan fingerprint density at radius 2 is 1.87 bits per heavy atom. The standard InChI is InChI=1S/C25H34N8O3S2/c1-15-6-5-7-19-20(15)29-21(18-8-9-18)30-22(19)27-16(2)14-32-10-12-33(13-11-32)38(35,36)23-17(3)28-25(37-23)31-24(34)26-4/h5-7,16,18H,8-14H2,1-4H3,(H,27,29,30)(H2,26,28,31,34)/t16-/m0/s1. The van der Waals surface area contributed by atoms with Crippen molar-refractivity contribution in [2.24, 2.45) is 0 Å². The minimum absolute atomic E-state index is 0.117. The molecular formula is C25H34N8O3S2. The second-order valence-electron chi connectivity index (χ2n) is 10.0. The molecule has 1 saturated carbocycles. The van der Waals surface area contributed by atoms with Crippen molar-refractivity contribution in [1.82, 2.24) is 29.5 Å². The third-order valence-corrected chi connectivity index (χ3v) is 10.5. The molecule has 1 saturated heterocycles. The van der Waals surface area contributed by atoms with Gasteiger partial charge in [-0.3, -0.25) is 10.2 Å². The fourth-order valence-corrected chi connectivity index (χ4v) is 7.68. The van der Waals surface area contributed by atoms with Crippen LogP contribution < -0.4 is 16.0 Å². The summed E-state index contributed by atoms with van der Waals surface area (Å²) in [4.78, 5) is 27.8. The molecule has 11 nitrogen and oxygen atoms in total. The van der Waals surface area contributed by atoms with Crippen molar-refractivity contribution >= 4 is 49.2 Å². The first-order valence-electron chi connectivity index (χ1n) is 12.9. The number of thiazole rings is 1. The van der Waals surface area contributed by atoms with Crippen LogP contribution in [0.1, 0.15) is 42.8 Å². The van der Waals surface area contributed by atoms with E-state index >= 15 is 0 Å². The summed E-state index contributed by atoms with van der Waals surface area (Å²) in [5.74, 6) is 2.26. The van der Waals surface area contributed by atoms with Crippen LogP contribution in [0.5, 0.6) is 0 Å². The summed E-state index contributed by atoms with van der Waals surface area (Å²) in [5, 5.41) is 9.89. The molecule has 2 fully saturated rings. The Bertz CT molecular complexity index is 1450. The Morgan fingerprint density at radius 1 is 1.13 bits per heavy atom. The molecule has 13 heteroatoms. The Morgan fingerprint density at radius 3 is 2.55 bits per heavy atom. The summed E-state index contributed by atoms with van der Waals surface area (Å²) in [7, 11) is -2.20. The number of amides is 2. The number of sulfonamides is 1. The molecule has 0 radical (unpaired) electrons. The van der Waals surface area contributed by atoms with Gasteiger partial charge in [-0.05, 0) is 45.2 Å². The van der Waals surface area contributed by atoms with Gasteiger partial charge in [0.05, 0.1) is 11.2 Å². The predicted octanol–water partition coefficient (Wildman–Crippen LogP) is 3.14. The summed E-state index contributed by atoms with van der Waals surface area (Å²) >= 11 is 0.977. The Kier molecular flexibility index (Phi) is 7.54. The van der Waals surface area contributed by atoms with Gasteiger partial charge in [-0.15, -0.1) is 0 Å². The topological polar surface area (TPSA) is 132 Å². The zero-order valence-electron chi connectivity index (χ0n) is 22.1. The molecule has 1 aliphatic heterocycles. The highest BCUT2D eigenvalue weighted by Gasteiger charge is 2.33. The summed E-state index contributed by atoms with van der Waals surface area (Å²) in [6.07, 6.45) is 2.29. The van der Waals surface area contributed by atoms with Gasteiger partial charge in [0, 0.05) is 57.1 Å². The Hall–Kier alpha value is -2.87. The lowest BCUT2D eigenvalue weighted by Gasteiger charge is -2.35. The number of nitrogens with one attached hydrogen (secondary N) is 3. The number of benzene rings is 1. The lowest BCUT2D eigenvalue weighted by Crippen LogP contribution is -2.50. The second-order valence-corrected chi connectivity index (χ2v) is 13.2. The summed E-state index contributed by atoms with van der Waals surface area (Å²) in [6.45, 7) is 8.68. The summed E-state index contributed by atoms with van der Waals surface area (Å²) < 4.78 is 28.3. The monoisotopic (exact) mass is 558 g/mol. The fourth-order valence-electron chi connectivity index (χ4n) is 4.72. The number of aromatic nitrogens is 3.